The van der Waals surface area contributed by atoms with Crippen LogP contribution in [0.15, 0.2) is 83.8 Å². The number of nitrogens with zero attached hydrogens (tertiary/aromatic N) is 2. The SMILES string of the molecule is CCNC(=O)C(CC)N(Cc1ccc(F)cc1)C(=O)CN(c1ccccc1)S(=O)(=O)c1ccc(Cl)cc1. The predicted molar refractivity (Wildman–Crippen MR) is 142 cm³/mol. The lowest BCUT2D eigenvalue weighted by Gasteiger charge is -2.33. The molecule has 0 aromatic heterocycles. The Morgan fingerprint density at radius 2 is 1.57 bits per heavy atom. The third-order valence-corrected chi connectivity index (χ3v) is 7.77. The second-order valence-corrected chi connectivity index (χ2v) is 10.6. The lowest BCUT2D eigenvalue weighted by molar-refractivity contribution is -0.140. The van der Waals surface area contributed by atoms with Crippen LogP contribution in [0.25, 0.3) is 0 Å². The van der Waals surface area contributed by atoms with Crippen LogP contribution in [0.5, 0.6) is 0 Å². The molecule has 0 aliphatic rings. The number of benzene rings is 3. The van der Waals surface area contributed by atoms with Crippen molar-refractivity contribution in [3.8, 4) is 0 Å². The third kappa shape index (κ3) is 7.08. The van der Waals surface area contributed by atoms with Crippen LogP contribution in [-0.4, -0.2) is 44.3 Å². The van der Waals surface area contributed by atoms with Gasteiger partial charge in [-0.15, -0.1) is 0 Å². The second kappa shape index (κ2) is 12.7. The normalized spacial score (nSPS) is 12.0. The van der Waals surface area contributed by atoms with Gasteiger partial charge >= 0.3 is 0 Å². The number of para-hydroxylation sites is 1. The fraction of sp³-hybridized carbons (Fsp3) is 0.259. The van der Waals surface area contributed by atoms with Crippen molar-refractivity contribution in [1.29, 1.82) is 0 Å². The lowest BCUT2D eigenvalue weighted by atomic mass is 10.1. The van der Waals surface area contributed by atoms with Crippen LogP contribution in [0.4, 0.5) is 10.1 Å². The number of rotatable bonds is 11. The number of carbonyl (C=O) groups is 2. The smallest absolute Gasteiger partial charge is 0.264 e. The zero-order valence-corrected chi connectivity index (χ0v) is 22.2. The summed E-state index contributed by atoms with van der Waals surface area (Å²) in [5.41, 5.74) is 0.892. The van der Waals surface area contributed by atoms with E-state index in [4.69, 9.17) is 11.6 Å². The molecule has 2 amide bonds. The van der Waals surface area contributed by atoms with Gasteiger partial charge in [-0.2, -0.15) is 0 Å². The van der Waals surface area contributed by atoms with E-state index in [0.29, 0.717) is 29.2 Å². The van der Waals surface area contributed by atoms with E-state index in [1.807, 2.05) is 0 Å². The van der Waals surface area contributed by atoms with Crippen molar-refractivity contribution in [2.45, 2.75) is 37.8 Å². The first kappa shape index (κ1) is 28.1. The molecule has 196 valence electrons. The molecule has 1 unspecified atom stereocenters. The molecule has 0 bridgehead atoms. The lowest BCUT2D eigenvalue weighted by Crippen LogP contribution is -2.52. The zero-order valence-electron chi connectivity index (χ0n) is 20.6. The average Bonchev–Trinajstić information content (AvgIpc) is 2.89. The largest absolute Gasteiger partial charge is 0.355 e. The molecule has 0 aliphatic carbocycles. The molecular formula is C27H29ClFN3O4S. The van der Waals surface area contributed by atoms with Gasteiger partial charge < -0.3 is 10.2 Å². The van der Waals surface area contributed by atoms with Gasteiger partial charge in [0.25, 0.3) is 10.0 Å². The molecule has 0 saturated carbocycles. The molecule has 0 spiro atoms. The maximum atomic E-state index is 13.8. The highest BCUT2D eigenvalue weighted by Crippen LogP contribution is 2.25. The molecule has 0 saturated heterocycles. The number of hydrogen-bond acceptors (Lipinski definition) is 4. The number of nitrogens with one attached hydrogen (secondary N) is 1. The average molecular weight is 546 g/mol. The zero-order chi connectivity index (χ0) is 27.0. The van der Waals surface area contributed by atoms with Crippen LogP contribution in [0.1, 0.15) is 25.8 Å². The molecule has 3 aromatic rings. The highest BCUT2D eigenvalue weighted by molar-refractivity contribution is 7.92. The standard InChI is InChI=1S/C27H29ClFN3O4S/c1-3-25(27(34)30-4-2)31(18-20-10-14-22(29)15-11-20)26(33)19-32(23-8-6-5-7-9-23)37(35,36)24-16-12-21(28)13-17-24/h5-17,25H,3-4,18-19H2,1-2H3,(H,30,34). The topological polar surface area (TPSA) is 86.8 Å². The number of sulfonamides is 1. The van der Waals surface area contributed by atoms with Crippen LogP contribution >= 0.6 is 11.6 Å². The van der Waals surface area contributed by atoms with Crippen molar-refractivity contribution in [1.82, 2.24) is 10.2 Å². The monoisotopic (exact) mass is 545 g/mol. The Hall–Kier alpha value is -3.43. The Bertz CT molecular complexity index is 1300. The Morgan fingerprint density at radius 1 is 0.946 bits per heavy atom. The van der Waals surface area contributed by atoms with Gasteiger partial charge in [0.15, 0.2) is 0 Å². The van der Waals surface area contributed by atoms with Gasteiger partial charge in [-0.1, -0.05) is 48.9 Å². The minimum absolute atomic E-state index is 0.00161. The van der Waals surface area contributed by atoms with Gasteiger partial charge in [-0.05, 0) is 67.4 Å². The van der Waals surface area contributed by atoms with Crippen LogP contribution in [0, 0.1) is 5.82 Å². The quantitative estimate of drug-likeness (QED) is 0.381. The minimum Gasteiger partial charge on any atom is -0.355 e. The van der Waals surface area contributed by atoms with Gasteiger partial charge in [-0.3, -0.25) is 13.9 Å². The van der Waals surface area contributed by atoms with Gasteiger partial charge in [0.05, 0.1) is 10.6 Å². The minimum atomic E-state index is -4.16. The second-order valence-electron chi connectivity index (χ2n) is 8.27. The van der Waals surface area contributed by atoms with E-state index in [1.165, 1.54) is 53.4 Å². The highest BCUT2D eigenvalue weighted by Gasteiger charge is 2.33. The Kier molecular flexibility index (Phi) is 9.66. The molecular weight excluding hydrogens is 517 g/mol. The summed E-state index contributed by atoms with van der Waals surface area (Å²) in [5, 5.41) is 3.11. The Morgan fingerprint density at radius 3 is 2.14 bits per heavy atom. The fourth-order valence-corrected chi connectivity index (χ4v) is 5.39. The van der Waals surface area contributed by atoms with E-state index >= 15 is 0 Å². The van der Waals surface area contributed by atoms with Crippen molar-refractivity contribution < 1.29 is 22.4 Å². The molecule has 3 rings (SSSR count). The molecule has 10 heteroatoms. The van der Waals surface area contributed by atoms with Crippen molar-refractivity contribution in [3.63, 3.8) is 0 Å². The van der Waals surface area contributed by atoms with Crippen LogP contribution in [0.3, 0.4) is 0 Å². The van der Waals surface area contributed by atoms with E-state index in [0.717, 1.165) is 4.31 Å². The molecule has 0 heterocycles. The fourth-order valence-electron chi connectivity index (χ4n) is 3.85. The summed E-state index contributed by atoms with van der Waals surface area (Å²) in [6.07, 6.45) is 0.300. The number of likely N-dealkylation sites (N-methyl/N-ethyl adjacent to an activating group) is 1. The molecule has 1 N–H and O–H groups in total. The summed E-state index contributed by atoms with van der Waals surface area (Å²) < 4.78 is 41.8. The number of hydrogen-bond donors (Lipinski definition) is 1. The van der Waals surface area contributed by atoms with Crippen LogP contribution in [0.2, 0.25) is 5.02 Å². The van der Waals surface area contributed by atoms with Gasteiger partial charge in [-0.25, -0.2) is 12.8 Å². The van der Waals surface area contributed by atoms with Crippen molar-refractivity contribution >= 4 is 39.1 Å². The van der Waals surface area contributed by atoms with Crippen LogP contribution in [-0.2, 0) is 26.2 Å². The maximum Gasteiger partial charge on any atom is 0.264 e. The first-order chi connectivity index (χ1) is 17.7. The van der Waals surface area contributed by atoms with E-state index in [2.05, 4.69) is 5.32 Å². The van der Waals surface area contributed by atoms with Crippen molar-refractivity contribution in [3.05, 3.63) is 95.3 Å². The van der Waals surface area contributed by atoms with Crippen molar-refractivity contribution in [2.24, 2.45) is 0 Å². The van der Waals surface area contributed by atoms with E-state index in [-0.39, 0.29) is 17.3 Å². The van der Waals surface area contributed by atoms with Gasteiger partial charge in [0, 0.05) is 18.1 Å². The summed E-state index contributed by atoms with van der Waals surface area (Å²) in [5.74, 6) is -1.36. The first-order valence-corrected chi connectivity index (χ1v) is 13.6. The summed E-state index contributed by atoms with van der Waals surface area (Å²) in [4.78, 5) is 28.0. The van der Waals surface area contributed by atoms with E-state index in [9.17, 15) is 22.4 Å². The number of anilines is 1. The molecule has 37 heavy (non-hydrogen) atoms. The molecule has 0 aliphatic heterocycles. The van der Waals surface area contributed by atoms with Crippen LogP contribution < -0.4 is 9.62 Å². The van der Waals surface area contributed by atoms with E-state index < -0.39 is 34.3 Å². The Labute approximate surface area is 221 Å². The number of amides is 2. The summed E-state index contributed by atoms with van der Waals surface area (Å²) in [6.45, 7) is 3.36. The number of halogens is 2. The Balaban J connectivity index is 2.02. The maximum absolute atomic E-state index is 13.8. The number of carbonyl (C=O) groups excluding carboxylic acids is 2. The predicted octanol–water partition coefficient (Wildman–Crippen LogP) is 4.62. The molecule has 0 fully saturated rings. The highest BCUT2D eigenvalue weighted by atomic mass is 35.5. The molecule has 3 aromatic carbocycles. The first-order valence-electron chi connectivity index (χ1n) is 11.8. The molecule has 7 nitrogen and oxygen atoms in total. The van der Waals surface area contributed by atoms with E-state index in [1.54, 1.807) is 44.2 Å². The molecule has 0 radical (unpaired) electrons. The third-order valence-electron chi connectivity index (χ3n) is 5.73. The van der Waals surface area contributed by atoms with Gasteiger partial charge in [0.2, 0.25) is 11.8 Å². The van der Waals surface area contributed by atoms with Crippen molar-refractivity contribution in [2.75, 3.05) is 17.4 Å². The summed E-state index contributed by atoms with van der Waals surface area (Å²) in [7, 11) is -4.16. The van der Waals surface area contributed by atoms with Gasteiger partial charge in [0.1, 0.15) is 18.4 Å². The summed E-state index contributed by atoms with van der Waals surface area (Å²) in [6, 6.07) is 18.7. The molecule has 1 atom stereocenters. The summed E-state index contributed by atoms with van der Waals surface area (Å²) >= 11 is 5.95.